The average Bonchev–Trinajstić information content (AvgIpc) is 2.79. The largest absolute Gasteiger partial charge is 0.256 e. The van der Waals surface area contributed by atoms with Crippen LogP contribution >= 0.6 is 11.6 Å². The summed E-state index contributed by atoms with van der Waals surface area (Å²) in [6.45, 7) is 0. The number of hydrogen-bond donors (Lipinski definition) is 1. The van der Waals surface area contributed by atoms with Gasteiger partial charge in [-0.05, 0) is 24.3 Å². The van der Waals surface area contributed by atoms with E-state index in [1.165, 1.54) is 0 Å². The smallest absolute Gasteiger partial charge is 0.244 e. The van der Waals surface area contributed by atoms with Crippen molar-refractivity contribution in [2.24, 2.45) is 5.10 Å². The van der Waals surface area contributed by atoms with E-state index in [0.29, 0.717) is 11.0 Å². The Morgan fingerprint density at radius 1 is 0.833 bits per heavy atom. The van der Waals surface area contributed by atoms with Crippen molar-refractivity contribution in [3.05, 3.63) is 95.6 Å². The fourth-order valence-corrected chi connectivity index (χ4v) is 3.47. The Balaban J connectivity index is 1.51. The maximum absolute atomic E-state index is 6.05. The lowest BCUT2D eigenvalue weighted by Crippen LogP contribution is -2.00. The molecule has 6 heteroatoms. The lowest BCUT2D eigenvalue weighted by molar-refractivity contribution is 1.16. The van der Waals surface area contributed by atoms with Crippen molar-refractivity contribution >= 4 is 45.6 Å². The summed E-state index contributed by atoms with van der Waals surface area (Å²) in [4.78, 5) is 13.7. The Kier molecular flexibility index (Phi) is 4.79. The Labute approximate surface area is 178 Å². The molecular formula is C24H16ClN5. The number of hydrazone groups is 1. The van der Waals surface area contributed by atoms with E-state index >= 15 is 0 Å². The highest BCUT2D eigenvalue weighted by atomic mass is 35.5. The van der Waals surface area contributed by atoms with Crippen LogP contribution in [0.4, 0.5) is 5.95 Å². The van der Waals surface area contributed by atoms with E-state index in [9.17, 15) is 0 Å². The Morgan fingerprint density at radius 2 is 1.67 bits per heavy atom. The molecule has 3 aromatic carbocycles. The summed E-state index contributed by atoms with van der Waals surface area (Å²) < 4.78 is 0. The van der Waals surface area contributed by atoms with Crippen molar-refractivity contribution in [1.82, 2.24) is 15.0 Å². The third kappa shape index (κ3) is 3.58. The molecule has 2 heterocycles. The van der Waals surface area contributed by atoms with Gasteiger partial charge in [-0.3, -0.25) is 4.98 Å². The van der Waals surface area contributed by atoms with Gasteiger partial charge >= 0.3 is 0 Å². The van der Waals surface area contributed by atoms with Gasteiger partial charge in [0.2, 0.25) is 5.95 Å². The van der Waals surface area contributed by atoms with Crippen LogP contribution in [-0.4, -0.2) is 21.2 Å². The van der Waals surface area contributed by atoms with Gasteiger partial charge in [-0.15, -0.1) is 0 Å². The van der Waals surface area contributed by atoms with Crippen LogP contribution in [0.2, 0.25) is 5.02 Å². The molecule has 0 fully saturated rings. The molecule has 0 radical (unpaired) electrons. The molecule has 0 atom stereocenters. The van der Waals surface area contributed by atoms with Gasteiger partial charge < -0.3 is 0 Å². The molecule has 0 spiro atoms. The molecule has 1 N–H and O–H groups in total. The third-order valence-electron chi connectivity index (χ3n) is 4.75. The van der Waals surface area contributed by atoms with Crippen LogP contribution in [0, 0.1) is 0 Å². The van der Waals surface area contributed by atoms with E-state index in [4.69, 9.17) is 16.6 Å². The summed E-state index contributed by atoms with van der Waals surface area (Å²) in [5.74, 6) is 0.420. The zero-order chi connectivity index (χ0) is 20.3. The van der Waals surface area contributed by atoms with E-state index in [1.807, 2.05) is 78.9 Å². The molecule has 0 aliphatic carbocycles. The topological polar surface area (TPSA) is 63.1 Å². The standard InChI is InChI=1S/C24H16ClN5/c25-19-12-10-17(11-13-19)23-20-8-1-2-9-21(20)28-24(29-23)30-27-15-18-6-3-5-16-7-4-14-26-22(16)18/h1-15H,(H,28,29,30)/b27-15-. The van der Waals surface area contributed by atoms with Crippen molar-refractivity contribution in [3.8, 4) is 11.3 Å². The first-order valence-electron chi connectivity index (χ1n) is 9.43. The summed E-state index contributed by atoms with van der Waals surface area (Å²) in [7, 11) is 0. The summed E-state index contributed by atoms with van der Waals surface area (Å²) in [6, 6.07) is 25.4. The molecule has 0 saturated heterocycles. The number of halogens is 1. The Hall–Kier alpha value is -3.83. The monoisotopic (exact) mass is 409 g/mol. The first kappa shape index (κ1) is 18.2. The summed E-state index contributed by atoms with van der Waals surface area (Å²) >= 11 is 6.05. The minimum absolute atomic E-state index is 0.420. The molecule has 144 valence electrons. The van der Waals surface area contributed by atoms with Gasteiger partial charge in [-0.25, -0.2) is 15.4 Å². The minimum atomic E-state index is 0.420. The SMILES string of the molecule is Clc1ccc(-c2nc(N/N=C\c3cccc4cccnc34)nc3ccccc23)cc1. The summed E-state index contributed by atoms with van der Waals surface area (Å²) in [6.07, 6.45) is 3.51. The maximum Gasteiger partial charge on any atom is 0.244 e. The minimum Gasteiger partial charge on any atom is -0.256 e. The van der Waals surface area contributed by atoms with Gasteiger partial charge in [-0.1, -0.05) is 66.2 Å². The molecular weight excluding hydrogens is 394 g/mol. The highest BCUT2D eigenvalue weighted by Gasteiger charge is 2.09. The number of hydrogen-bond acceptors (Lipinski definition) is 5. The molecule has 0 amide bonds. The first-order chi connectivity index (χ1) is 14.8. The summed E-state index contributed by atoms with van der Waals surface area (Å²) in [5.41, 5.74) is 7.39. The van der Waals surface area contributed by atoms with Crippen LogP contribution in [0.3, 0.4) is 0 Å². The highest BCUT2D eigenvalue weighted by molar-refractivity contribution is 6.30. The average molecular weight is 410 g/mol. The quantitative estimate of drug-likeness (QED) is 0.294. The normalized spacial score (nSPS) is 11.4. The van der Waals surface area contributed by atoms with E-state index < -0.39 is 0 Å². The zero-order valence-corrected chi connectivity index (χ0v) is 16.6. The molecule has 5 rings (SSSR count). The number of nitrogens with zero attached hydrogens (tertiary/aromatic N) is 4. The van der Waals surface area contributed by atoms with E-state index in [-0.39, 0.29) is 0 Å². The maximum atomic E-state index is 6.05. The fraction of sp³-hybridized carbons (Fsp3) is 0. The number of fused-ring (bicyclic) bond motifs is 2. The van der Waals surface area contributed by atoms with Gasteiger partial charge in [0.25, 0.3) is 0 Å². The van der Waals surface area contributed by atoms with E-state index in [1.54, 1.807) is 12.4 Å². The van der Waals surface area contributed by atoms with E-state index in [2.05, 4.69) is 20.5 Å². The van der Waals surface area contributed by atoms with Gasteiger partial charge in [-0.2, -0.15) is 5.10 Å². The zero-order valence-electron chi connectivity index (χ0n) is 15.8. The predicted octanol–water partition coefficient (Wildman–Crippen LogP) is 5.94. The van der Waals surface area contributed by atoms with Gasteiger partial charge in [0.05, 0.1) is 22.9 Å². The van der Waals surface area contributed by atoms with Crippen LogP contribution < -0.4 is 5.43 Å². The first-order valence-corrected chi connectivity index (χ1v) is 9.81. The van der Waals surface area contributed by atoms with Gasteiger partial charge in [0.1, 0.15) is 0 Å². The third-order valence-corrected chi connectivity index (χ3v) is 5.00. The molecule has 0 bridgehead atoms. The molecule has 2 aromatic heterocycles. The molecule has 30 heavy (non-hydrogen) atoms. The van der Waals surface area contributed by atoms with Crippen LogP contribution in [-0.2, 0) is 0 Å². The molecule has 0 unspecified atom stereocenters. The summed E-state index contributed by atoms with van der Waals surface area (Å²) in [5, 5.41) is 7.07. The molecule has 0 aliphatic heterocycles. The molecule has 5 aromatic rings. The lowest BCUT2D eigenvalue weighted by atomic mass is 10.1. The van der Waals surface area contributed by atoms with Crippen LogP contribution in [0.15, 0.2) is 90.2 Å². The van der Waals surface area contributed by atoms with Gasteiger partial charge in [0.15, 0.2) is 0 Å². The van der Waals surface area contributed by atoms with Crippen molar-refractivity contribution in [2.75, 3.05) is 5.43 Å². The van der Waals surface area contributed by atoms with Crippen molar-refractivity contribution in [1.29, 1.82) is 0 Å². The lowest BCUT2D eigenvalue weighted by Gasteiger charge is -2.08. The predicted molar refractivity (Wildman–Crippen MR) is 123 cm³/mol. The molecule has 5 nitrogen and oxygen atoms in total. The molecule has 0 saturated carbocycles. The van der Waals surface area contributed by atoms with Gasteiger partial charge in [0, 0.05) is 33.1 Å². The Bertz CT molecular complexity index is 1370. The second-order valence-corrected chi connectivity index (χ2v) is 7.15. The second kappa shape index (κ2) is 7.89. The van der Waals surface area contributed by atoms with Crippen molar-refractivity contribution in [3.63, 3.8) is 0 Å². The van der Waals surface area contributed by atoms with Crippen LogP contribution in [0.1, 0.15) is 5.56 Å². The van der Waals surface area contributed by atoms with E-state index in [0.717, 1.165) is 38.6 Å². The molecule has 0 aliphatic rings. The van der Waals surface area contributed by atoms with Crippen LogP contribution in [0.25, 0.3) is 33.1 Å². The number of aromatic nitrogens is 3. The number of pyridine rings is 1. The number of rotatable bonds is 4. The highest BCUT2D eigenvalue weighted by Crippen LogP contribution is 2.28. The fourth-order valence-electron chi connectivity index (χ4n) is 3.35. The number of anilines is 1. The Morgan fingerprint density at radius 3 is 2.57 bits per heavy atom. The number of nitrogens with one attached hydrogen (secondary N) is 1. The van der Waals surface area contributed by atoms with Crippen LogP contribution in [0.5, 0.6) is 0 Å². The number of benzene rings is 3. The second-order valence-electron chi connectivity index (χ2n) is 6.71. The number of para-hydroxylation sites is 2. The van der Waals surface area contributed by atoms with Crippen molar-refractivity contribution in [2.45, 2.75) is 0 Å². The van der Waals surface area contributed by atoms with Crippen molar-refractivity contribution < 1.29 is 0 Å².